The van der Waals surface area contributed by atoms with Gasteiger partial charge in [0.1, 0.15) is 5.70 Å². The number of rotatable bonds is 5. The molecule has 0 bridgehead atoms. The number of cyclic esters (lactones) is 1. The molecular formula is C14H17Cl2NO3. The Labute approximate surface area is 128 Å². The van der Waals surface area contributed by atoms with Gasteiger partial charge in [-0.1, -0.05) is 35.4 Å². The van der Waals surface area contributed by atoms with Gasteiger partial charge in [0.05, 0.1) is 6.10 Å². The minimum atomic E-state index is -0.776. The fourth-order valence-corrected chi connectivity index (χ4v) is 2.40. The second-order valence-electron chi connectivity index (χ2n) is 4.87. The number of carbonyl (C=O) groups excluding carboxylic acids is 1. The average Bonchev–Trinajstić information content (AvgIpc) is 2.64. The van der Waals surface area contributed by atoms with Crippen LogP contribution in [0.25, 0.3) is 0 Å². The maximum atomic E-state index is 11.5. The summed E-state index contributed by atoms with van der Waals surface area (Å²) < 4.78 is 10.6. The summed E-state index contributed by atoms with van der Waals surface area (Å²) in [6.07, 6.45) is 4.97. The Morgan fingerprint density at radius 1 is 1.50 bits per heavy atom. The number of halogens is 2. The number of nitrogens with one attached hydrogen (secondary N) is 1. The smallest absolute Gasteiger partial charge is 0.354 e. The molecule has 0 radical (unpaired) electrons. The van der Waals surface area contributed by atoms with Gasteiger partial charge in [-0.2, -0.15) is 0 Å². The molecule has 1 atom stereocenters. The summed E-state index contributed by atoms with van der Waals surface area (Å²) in [6.45, 7) is 4.21. The Balaban J connectivity index is 2.05. The molecule has 0 fully saturated rings. The zero-order chi connectivity index (χ0) is 14.7. The van der Waals surface area contributed by atoms with E-state index in [9.17, 15) is 4.79 Å². The van der Waals surface area contributed by atoms with Gasteiger partial charge < -0.3 is 14.8 Å². The van der Waals surface area contributed by atoms with Crippen molar-refractivity contribution in [2.75, 3.05) is 6.54 Å². The van der Waals surface area contributed by atoms with Crippen LogP contribution >= 0.6 is 23.2 Å². The van der Waals surface area contributed by atoms with Crippen molar-refractivity contribution in [3.05, 3.63) is 33.5 Å². The molecule has 0 spiro atoms. The lowest BCUT2D eigenvalue weighted by molar-refractivity contribution is -0.166. The number of esters is 1. The zero-order valence-corrected chi connectivity index (χ0v) is 12.9. The second-order valence-corrected chi connectivity index (χ2v) is 5.71. The van der Waals surface area contributed by atoms with E-state index >= 15 is 0 Å². The molecule has 0 aromatic rings. The van der Waals surface area contributed by atoms with Crippen molar-refractivity contribution in [1.29, 1.82) is 0 Å². The molecule has 20 heavy (non-hydrogen) atoms. The van der Waals surface area contributed by atoms with Gasteiger partial charge in [-0.15, -0.1) is 0 Å². The second kappa shape index (κ2) is 6.66. The van der Waals surface area contributed by atoms with Crippen molar-refractivity contribution in [3.8, 4) is 0 Å². The summed E-state index contributed by atoms with van der Waals surface area (Å²) >= 11 is 12.1. The zero-order valence-electron chi connectivity index (χ0n) is 11.4. The van der Waals surface area contributed by atoms with Gasteiger partial charge >= 0.3 is 5.97 Å². The summed E-state index contributed by atoms with van der Waals surface area (Å²) in [4.78, 5) is 11.5. The van der Waals surface area contributed by atoms with Crippen LogP contribution in [0.3, 0.4) is 0 Å². The first kappa shape index (κ1) is 15.4. The Morgan fingerprint density at radius 2 is 2.25 bits per heavy atom. The monoisotopic (exact) mass is 317 g/mol. The molecule has 6 heteroatoms. The van der Waals surface area contributed by atoms with Crippen LogP contribution in [0.1, 0.15) is 26.7 Å². The molecule has 1 aliphatic carbocycles. The normalized spacial score (nSPS) is 22.9. The highest BCUT2D eigenvalue weighted by Crippen LogP contribution is 2.27. The minimum Gasteiger partial charge on any atom is -0.425 e. The van der Waals surface area contributed by atoms with Crippen LogP contribution in [0.4, 0.5) is 0 Å². The quantitative estimate of drug-likeness (QED) is 0.791. The summed E-state index contributed by atoms with van der Waals surface area (Å²) in [5.41, 5.74) is 1.44. The third kappa shape index (κ3) is 3.57. The Morgan fingerprint density at radius 3 is 2.90 bits per heavy atom. The molecule has 1 aliphatic heterocycles. The predicted octanol–water partition coefficient (Wildman–Crippen LogP) is 3.18. The molecule has 4 nitrogen and oxygen atoms in total. The number of hydrogen-bond acceptors (Lipinski definition) is 4. The van der Waals surface area contributed by atoms with Crippen LogP contribution in [0.2, 0.25) is 0 Å². The average molecular weight is 318 g/mol. The predicted molar refractivity (Wildman–Crippen MR) is 78.2 cm³/mol. The Bertz CT molecular complexity index is 495. The number of hydrogen-bond donors (Lipinski definition) is 1. The van der Waals surface area contributed by atoms with Gasteiger partial charge in [-0.3, -0.25) is 0 Å². The van der Waals surface area contributed by atoms with Gasteiger partial charge in [0.15, 0.2) is 5.03 Å². The largest absolute Gasteiger partial charge is 0.425 e. The molecule has 0 amide bonds. The van der Waals surface area contributed by atoms with Gasteiger partial charge in [0.2, 0.25) is 6.29 Å². The molecule has 110 valence electrons. The van der Waals surface area contributed by atoms with E-state index in [0.717, 1.165) is 23.4 Å². The van der Waals surface area contributed by atoms with Gasteiger partial charge in [-0.05, 0) is 32.3 Å². The maximum Gasteiger partial charge on any atom is 0.354 e. The fourth-order valence-electron chi connectivity index (χ4n) is 1.96. The molecule has 0 saturated heterocycles. The first-order valence-electron chi connectivity index (χ1n) is 6.53. The van der Waals surface area contributed by atoms with Gasteiger partial charge in [0.25, 0.3) is 0 Å². The van der Waals surface area contributed by atoms with E-state index in [2.05, 4.69) is 11.4 Å². The molecule has 0 saturated carbocycles. The third-order valence-electron chi connectivity index (χ3n) is 2.93. The lowest BCUT2D eigenvalue weighted by atomic mass is 10.1. The van der Waals surface area contributed by atoms with Crippen molar-refractivity contribution in [2.45, 2.75) is 39.1 Å². The van der Waals surface area contributed by atoms with Crippen molar-refractivity contribution >= 4 is 29.2 Å². The van der Waals surface area contributed by atoms with E-state index in [0.29, 0.717) is 12.2 Å². The molecule has 0 aromatic heterocycles. The van der Waals surface area contributed by atoms with Crippen LogP contribution in [0, 0.1) is 0 Å². The van der Waals surface area contributed by atoms with Crippen LogP contribution in [-0.2, 0) is 14.3 Å². The fraction of sp³-hybridized carbons (Fsp3) is 0.500. The van der Waals surface area contributed by atoms with Gasteiger partial charge in [-0.25, -0.2) is 4.79 Å². The molecule has 2 aliphatic rings. The molecule has 1 N–H and O–H groups in total. The van der Waals surface area contributed by atoms with Crippen LogP contribution in [0.15, 0.2) is 33.5 Å². The van der Waals surface area contributed by atoms with E-state index in [4.69, 9.17) is 32.7 Å². The van der Waals surface area contributed by atoms with E-state index in [-0.39, 0.29) is 11.1 Å². The Hall–Kier alpha value is -0.970. The highest BCUT2D eigenvalue weighted by Gasteiger charge is 2.34. The highest BCUT2D eigenvalue weighted by atomic mass is 35.5. The third-order valence-corrected chi connectivity index (χ3v) is 3.72. The molecular weight excluding hydrogens is 301 g/mol. The molecule has 1 unspecified atom stereocenters. The molecule has 1 heterocycles. The first-order chi connectivity index (χ1) is 9.49. The van der Waals surface area contributed by atoms with Crippen molar-refractivity contribution in [3.63, 3.8) is 0 Å². The highest BCUT2D eigenvalue weighted by molar-refractivity contribution is 6.42. The molecule has 2 rings (SSSR count). The van der Waals surface area contributed by atoms with Crippen LogP contribution < -0.4 is 5.32 Å². The van der Waals surface area contributed by atoms with Crippen molar-refractivity contribution in [2.24, 2.45) is 0 Å². The lowest BCUT2D eigenvalue weighted by Crippen LogP contribution is -2.29. The van der Waals surface area contributed by atoms with Crippen molar-refractivity contribution in [1.82, 2.24) is 5.32 Å². The SMILES string of the molecule is CC(C)OC1OC(=O)C(Cl)=C1NCC1=C(Cl)CCC=C1. The van der Waals surface area contributed by atoms with E-state index in [1.165, 1.54) is 0 Å². The van der Waals surface area contributed by atoms with Crippen LogP contribution in [-0.4, -0.2) is 24.9 Å². The maximum absolute atomic E-state index is 11.5. The standard InChI is InChI=1S/C14H17Cl2NO3/c1-8(2)19-14-12(11(16)13(18)20-14)17-7-9-5-3-4-6-10(9)15/h3,5,8,14,17H,4,6-7H2,1-2H3. The molecule has 0 aromatic carbocycles. The number of allylic oxidation sites excluding steroid dienone is 2. The Kier molecular flexibility index (Phi) is 5.13. The number of ether oxygens (including phenoxy) is 2. The topological polar surface area (TPSA) is 47.6 Å². The van der Waals surface area contributed by atoms with E-state index in [1.54, 1.807) is 0 Å². The summed E-state index contributed by atoms with van der Waals surface area (Å²) in [5, 5.41) is 3.96. The van der Waals surface area contributed by atoms with Crippen LogP contribution in [0.5, 0.6) is 0 Å². The van der Waals surface area contributed by atoms with E-state index < -0.39 is 12.3 Å². The van der Waals surface area contributed by atoms with Crippen molar-refractivity contribution < 1.29 is 14.3 Å². The summed E-state index contributed by atoms with van der Waals surface area (Å²) in [6, 6.07) is 0. The summed E-state index contributed by atoms with van der Waals surface area (Å²) in [7, 11) is 0. The summed E-state index contributed by atoms with van der Waals surface area (Å²) in [5.74, 6) is -0.570. The number of carbonyl (C=O) groups is 1. The minimum absolute atomic E-state index is 0.0344. The van der Waals surface area contributed by atoms with Gasteiger partial charge in [0, 0.05) is 11.6 Å². The lowest BCUT2D eigenvalue weighted by Gasteiger charge is -2.19. The first-order valence-corrected chi connectivity index (χ1v) is 7.28. The van der Waals surface area contributed by atoms with E-state index in [1.807, 2.05) is 19.9 Å².